The number of carbonyl (C=O) groups excluding carboxylic acids is 1. The number of piperidine rings is 1. The zero-order valence-corrected chi connectivity index (χ0v) is 17.7. The third kappa shape index (κ3) is 4.36. The maximum atomic E-state index is 13.1. The van der Waals surface area contributed by atoms with Crippen LogP contribution in [-0.4, -0.2) is 41.6 Å². The Morgan fingerprint density at radius 3 is 2.28 bits per heavy atom. The molecule has 1 aliphatic heterocycles. The molecule has 1 aromatic carbocycles. The number of rotatable bonds is 5. The van der Waals surface area contributed by atoms with E-state index in [-0.39, 0.29) is 16.3 Å². The minimum atomic E-state index is -3.69. The quantitative estimate of drug-likeness (QED) is 0.699. The first-order chi connectivity index (χ1) is 13.7. The van der Waals surface area contributed by atoms with E-state index in [4.69, 9.17) is 0 Å². The fraction of sp³-hybridized carbons (Fsp3) is 0.429. The third-order valence-corrected chi connectivity index (χ3v) is 7.10. The molecule has 152 valence electrons. The van der Waals surface area contributed by atoms with Gasteiger partial charge in [-0.25, -0.2) is 18.4 Å². The number of hydrogen-bond donors (Lipinski definition) is 0. The van der Waals surface area contributed by atoms with Crippen LogP contribution in [0.25, 0.3) is 0 Å². The lowest BCUT2D eigenvalue weighted by Gasteiger charge is -2.26. The summed E-state index contributed by atoms with van der Waals surface area (Å²) < 4.78 is 27.7. The number of nitrogens with zero attached hydrogens (tertiary/aromatic N) is 4. The zero-order valence-electron chi connectivity index (χ0n) is 16.8. The summed E-state index contributed by atoms with van der Waals surface area (Å²) >= 11 is 0. The van der Waals surface area contributed by atoms with Crippen LogP contribution in [0.1, 0.15) is 58.3 Å². The van der Waals surface area contributed by atoms with Crippen LogP contribution < -0.4 is 0 Å². The maximum Gasteiger partial charge on any atom is 0.243 e. The number of aryl methyl sites for hydroxylation is 3. The first kappa shape index (κ1) is 21.1. The van der Waals surface area contributed by atoms with Gasteiger partial charge in [-0.1, -0.05) is 18.6 Å². The van der Waals surface area contributed by atoms with Crippen LogP contribution in [0.3, 0.4) is 0 Å². The van der Waals surface area contributed by atoms with E-state index in [0.717, 1.165) is 19.3 Å². The van der Waals surface area contributed by atoms with Crippen molar-refractivity contribution < 1.29 is 13.2 Å². The van der Waals surface area contributed by atoms with Gasteiger partial charge in [0.1, 0.15) is 0 Å². The molecule has 1 atom stereocenters. The standard InChI is InChI=1S/C21H24N4O3S/c1-14-7-8-17(12-19(14)29(27,28)25-9-5-4-6-10-25)20(26)18(13-22)21-23-15(2)11-16(3)24-21/h7-8,11-12,18H,4-6,9-10H2,1-3H3. The topological polar surface area (TPSA) is 104 Å². The molecular weight excluding hydrogens is 388 g/mol. The molecule has 2 heterocycles. The predicted octanol–water partition coefficient (Wildman–Crippen LogP) is 3.07. The molecule has 0 N–H and O–H groups in total. The zero-order chi connectivity index (χ0) is 21.2. The van der Waals surface area contributed by atoms with Crippen molar-refractivity contribution in [2.45, 2.75) is 50.8 Å². The van der Waals surface area contributed by atoms with Gasteiger partial charge in [0.2, 0.25) is 10.0 Å². The second-order valence-corrected chi connectivity index (χ2v) is 9.29. The van der Waals surface area contributed by atoms with Gasteiger partial charge in [-0.05, 0) is 51.3 Å². The number of aromatic nitrogens is 2. The fourth-order valence-electron chi connectivity index (χ4n) is 3.56. The molecule has 1 saturated heterocycles. The highest BCUT2D eigenvalue weighted by Gasteiger charge is 2.30. The summed E-state index contributed by atoms with van der Waals surface area (Å²) in [4.78, 5) is 21.6. The molecule has 0 radical (unpaired) electrons. The lowest BCUT2D eigenvalue weighted by atomic mass is 9.97. The van der Waals surface area contributed by atoms with E-state index in [2.05, 4.69) is 9.97 Å². The summed E-state index contributed by atoms with van der Waals surface area (Å²) in [5.41, 5.74) is 2.07. The van der Waals surface area contributed by atoms with Gasteiger partial charge in [0.25, 0.3) is 0 Å². The van der Waals surface area contributed by atoms with Crippen molar-refractivity contribution in [1.82, 2.24) is 14.3 Å². The van der Waals surface area contributed by atoms with Crippen molar-refractivity contribution in [3.63, 3.8) is 0 Å². The number of carbonyl (C=O) groups is 1. The van der Waals surface area contributed by atoms with E-state index in [0.29, 0.717) is 30.0 Å². The van der Waals surface area contributed by atoms with Gasteiger partial charge in [-0.3, -0.25) is 4.79 Å². The minimum absolute atomic E-state index is 0.114. The number of Topliss-reactive ketones (excluding diaryl/α,β-unsaturated/α-hetero) is 1. The minimum Gasteiger partial charge on any atom is -0.292 e. The largest absolute Gasteiger partial charge is 0.292 e. The fourth-order valence-corrected chi connectivity index (χ4v) is 5.33. The molecule has 1 aliphatic rings. The van der Waals surface area contributed by atoms with E-state index >= 15 is 0 Å². The maximum absolute atomic E-state index is 13.1. The van der Waals surface area contributed by atoms with E-state index in [9.17, 15) is 18.5 Å². The van der Waals surface area contributed by atoms with E-state index in [1.54, 1.807) is 39.0 Å². The molecule has 3 rings (SSSR count). The Bertz CT molecular complexity index is 1060. The molecule has 1 aromatic heterocycles. The van der Waals surface area contributed by atoms with E-state index in [1.165, 1.54) is 10.4 Å². The Balaban J connectivity index is 2.00. The van der Waals surface area contributed by atoms with Crippen LogP contribution in [0.15, 0.2) is 29.2 Å². The van der Waals surface area contributed by atoms with Crippen molar-refractivity contribution in [3.05, 3.63) is 52.6 Å². The molecule has 0 bridgehead atoms. The molecule has 0 aliphatic carbocycles. The normalized spacial score (nSPS) is 16.2. The smallest absolute Gasteiger partial charge is 0.243 e. The summed E-state index contributed by atoms with van der Waals surface area (Å²) in [6, 6.07) is 8.29. The predicted molar refractivity (Wildman–Crippen MR) is 108 cm³/mol. The molecule has 2 aromatic rings. The Labute approximate surface area is 171 Å². The van der Waals surface area contributed by atoms with Crippen LogP contribution in [0.2, 0.25) is 0 Å². The highest BCUT2D eigenvalue weighted by Crippen LogP contribution is 2.26. The van der Waals surface area contributed by atoms with Gasteiger partial charge in [-0.2, -0.15) is 9.57 Å². The molecule has 8 heteroatoms. The molecule has 29 heavy (non-hydrogen) atoms. The Morgan fingerprint density at radius 1 is 1.07 bits per heavy atom. The first-order valence-corrected chi connectivity index (χ1v) is 11.0. The van der Waals surface area contributed by atoms with E-state index < -0.39 is 21.7 Å². The summed E-state index contributed by atoms with van der Waals surface area (Å²) in [5, 5.41) is 9.60. The molecule has 0 saturated carbocycles. The number of sulfonamides is 1. The van der Waals surface area contributed by atoms with Crippen LogP contribution >= 0.6 is 0 Å². The second kappa shape index (κ2) is 8.39. The van der Waals surface area contributed by atoms with Crippen LogP contribution in [-0.2, 0) is 10.0 Å². The monoisotopic (exact) mass is 412 g/mol. The average Bonchev–Trinajstić information content (AvgIpc) is 2.68. The van der Waals surface area contributed by atoms with Gasteiger partial charge < -0.3 is 0 Å². The third-order valence-electron chi connectivity index (χ3n) is 5.05. The molecule has 0 spiro atoms. The van der Waals surface area contributed by atoms with Gasteiger partial charge in [0, 0.05) is 30.0 Å². The van der Waals surface area contributed by atoms with Gasteiger partial charge >= 0.3 is 0 Å². The molecule has 0 amide bonds. The van der Waals surface area contributed by atoms with Crippen molar-refractivity contribution >= 4 is 15.8 Å². The highest BCUT2D eigenvalue weighted by atomic mass is 32.2. The number of benzene rings is 1. The lowest BCUT2D eigenvalue weighted by Crippen LogP contribution is -2.36. The SMILES string of the molecule is Cc1cc(C)nc(C(C#N)C(=O)c2ccc(C)c(S(=O)(=O)N3CCCCC3)c2)n1. The molecule has 7 nitrogen and oxygen atoms in total. The van der Waals surface area contributed by atoms with Crippen molar-refractivity contribution in [2.75, 3.05) is 13.1 Å². The Morgan fingerprint density at radius 2 is 1.69 bits per heavy atom. The number of ketones is 1. The average molecular weight is 413 g/mol. The summed E-state index contributed by atoms with van der Waals surface area (Å²) in [5.74, 6) is -1.56. The Kier molecular flexibility index (Phi) is 6.10. The van der Waals surface area contributed by atoms with Gasteiger partial charge in [0.15, 0.2) is 17.5 Å². The first-order valence-electron chi connectivity index (χ1n) is 9.61. The summed E-state index contributed by atoms with van der Waals surface area (Å²) in [6.07, 6.45) is 2.68. The van der Waals surface area contributed by atoms with Crippen LogP contribution in [0.5, 0.6) is 0 Å². The lowest BCUT2D eigenvalue weighted by molar-refractivity contribution is 0.0976. The summed E-state index contributed by atoms with van der Waals surface area (Å²) in [7, 11) is -3.69. The van der Waals surface area contributed by atoms with Gasteiger partial charge in [0.05, 0.1) is 11.0 Å². The molecule has 1 unspecified atom stereocenters. The van der Waals surface area contributed by atoms with Gasteiger partial charge in [-0.15, -0.1) is 0 Å². The highest BCUT2D eigenvalue weighted by molar-refractivity contribution is 7.89. The van der Waals surface area contributed by atoms with Crippen molar-refractivity contribution in [3.8, 4) is 6.07 Å². The molecule has 1 fully saturated rings. The number of hydrogen-bond acceptors (Lipinski definition) is 6. The molecular formula is C21H24N4O3S. The van der Waals surface area contributed by atoms with Crippen LogP contribution in [0, 0.1) is 32.1 Å². The second-order valence-electron chi connectivity index (χ2n) is 7.38. The van der Waals surface area contributed by atoms with E-state index in [1.807, 2.05) is 6.07 Å². The van der Waals surface area contributed by atoms with Crippen LogP contribution in [0.4, 0.5) is 0 Å². The summed E-state index contributed by atoms with van der Waals surface area (Å²) in [6.45, 7) is 6.22. The Hall–Kier alpha value is -2.63. The van der Waals surface area contributed by atoms with Crippen molar-refractivity contribution in [2.24, 2.45) is 0 Å². The number of nitriles is 1. The van der Waals surface area contributed by atoms with Crippen molar-refractivity contribution in [1.29, 1.82) is 5.26 Å².